The molecule has 3 N–H and O–H groups in total. The highest BCUT2D eigenvalue weighted by Gasteiger charge is 2.62. The number of nitrogens with zero attached hydrogens (tertiary/aromatic N) is 2. The number of amides is 4. The number of sulfonamides is 1. The van der Waals surface area contributed by atoms with Crippen LogP contribution in [0.5, 0.6) is 17.4 Å². The molecule has 1 aromatic carbocycles. The Kier molecular flexibility index (Phi) is 10.9. The van der Waals surface area contributed by atoms with Crippen LogP contribution >= 0.6 is 0 Å². The first-order chi connectivity index (χ1) is 27.1. The molecular formula is C40H51N5O11S. The van der Waals surface area contributed by atoms with Crippen LogP contribution in [0.1, 0.15) is 65.4 Å². The third-order valence-corrected chi connectivity index (χ3v) is 13.1. The first-order valence-electron chi connectivity index (χ1n) is 19.4. The highest BCUT2D eigenvalue weighted by atomic mass is 32.2. The van der Waals surface area contributed by atoms with Gasteiger partial charge in [0.25, 0.3) is 5.91 Å². The van der Waals surface area contributed by atoms with Crippen LogP contribution in [0.4, 0.5) is 4.79 Å². The molecule has 2 aliphatic carbocycles. The largest absolute Gasteiger partial charge is 0.496 e. The fourth-order valence-electron chi connectivity index (χ4n) is 7.82. The fourth-order valence-corrected chi connectivity index (χ4v) is 9.18. The number of carbonyl (C=O) groups excluding carboxylic acids is 4. The maximum absolute atomic E-state index is 14.7. The predicted molar refractivity (Wildman–Crippen MR) is 208 cm³/mol. The molecule has 4 fully saturated rings. The number of ether oxygens (including phenoxy) is 5. The van der Waals surface area contributed by atoms with Crippen molar-refractivity contribution in [3.63, 3.8) is 0 Å². The second-order valence-corrected chi connectivity index (χ2v) is 18.5. The fraction of sp³-hybridized carbons (Fsp3) is 0.575. The van der Waals surface area contributed by atoms with Gasteiger partial charge in [-0.3, -0.25) is 19.1 Å². The first kappa shape index (κ1) is 40.3. The molecule has 7 rings (SSSR count). The summed E-state index contributed by atoms with van der Waals surface area (Å²) >= 11 is 0. The van der Waals surface area contributed by atoms with E-state index >= 15 is 0 Å². The summed E-state index contributed by atoms with van der Waals surface area (Å²) in [7, 11) is -2.36. The van der Waals surface area contributed by atoms with Gasteiger partial charge >= 0.3 is 6.09 Å². The molecule has 3 aliphatic heterocycles. The third kappa shape index (κ3) is 8.26. The van der Waals surface area contributed by atoms with Crippen molar-refractivity contribution in [1.29, 1.82) is 0 Å². The minimum Gasteiger partial charge on any atom is -0.496 e. The molecule has 5 aliphatic rings. The monoisotopic (exact) mass is 809 g/mol. The zero-order valence-electron chi connectivity index (χ0n) is 32.9. The summed E-state index contributed by atoms with van der Waals surface area (Å²) in [6.07, 6.45) is 4.77. The van der Waals surface area contributed by atoms with E-state index in [2.05, 4.69) is 26.9 Å². The van der Waals surface area contributed by atoms with Gasteiger partial charge in [0, 0.05) is 41.3 Å². The number of benzene rings is 1. The van der Waals surface area contributed by atoms with E-state index in [0.29, 0.717) is 60.8 Å². The van der Waals surface area contributed by atoms with Crippen molar-refractivity contribution in [1.82, 2.24) is 25.2 Å². The zero-order valence-corrected chi connectivity index (χ0v) is 33.7. The van der Waals surface area contributed by atoms with Crippen LogP contribution in [0, 0.1) is 17.3 Å². The number of allylic oxidation sites excluding steroid dienone is 1. The molecule has 4 heterocycles. The van der Waals surface area contributed by atoms with E-state index in [4.69, 9.17) is 23.7 Å². The number of aromatic nitrogens is 1. The van der Waals surface area contributed by atoms with Crippen LogP contribution in [-0.4, -0.2) is 111 Å². The van der Waals surface area contributed by atoms with Crippen molar-refractivity contribution in [3.05, 3.63) is 42.5 Å². The summed E-state index contributed by atoms with van der Waals surface area (Å²) in [5, 5.41) is 5.56. The van der Waals surface area contributed by atoms with Crippen molar-refractivity contribution in [3.8, 4) is 17.4 Å². The van der Waals surface area contributed by atoms with Gasteiger partial charge in [-0.25, -0.2) is 18.2 Å². The van der Waals surface area contributed by atoms with Gasteiger partial charge in [0.05, 0.1) is 44.2 Å². The van der Waals surface area contributed by atoms with E-state index in [0.717, 1.165) is 5.56 Å². The Hall–Kier alpha value is -4.90. The maximum atomic E-state index is 14.7. The molecule has 4 amide bonds. The molecule has 308 valence electrons. The number of nitrogens with one attached hydrogen (secondary N) is 3. The van der Waals surface area contributed by atoms with E-state index in [9.17, 15) is 27.6 Å². The number of carbonyl (C=O) groups is 4. The molecule has 17 heteroatoms. The van der Waals surface area contributed by atoms with E-state index < -0.39 is 80.3 Å². The third-order valence-electron chi connectivity index (χ3n) is 11.3. The number of hydrogen-bond donors (Lipinski definition) is 3. The number of methoxy groups -OCH3 is 1. The summed E-state index contributed by atoms with van der Waals surface area (Å²) in [5.41, 5.74) is -1.16. The van der Waals surface area contributed by atoms with Crippen LogP contribution in [0.25, 0.3) is 17.0 Å². The molecule has 57 heavy (non-hydrogen) atoms. The van der Waals surface area contributed by atoms with Crippen LogP contribution < -0.4 is 29.6 Å². The predicted octanol–water partition coefficient (Wildman–Crippen LogP) is 3.23. The smallest absolute Gasteiger partial charge is 0.408 e. The minimum absolute atomic E-state index is 0.00645. The van der Waals surface area contributed by atoms with E-state index in [-0.39, 0.29) is 31.9 Å². The van der Waals surface area contributed by atoms with Gasteiger partial charge in [0.15, 0.2) is 0 Å². The Morgan fingerprint density at radius 3 is 2.60 bits per heavy atom. The number of hydrogen-bond acceptors (Lipinski definition) is 12. The lowest BCUT2D eigenvalue weighted by atomic mass is 9.85. The first-order valence-corrected chi connectivity index (χ1v) is 21.0. The standard InChI is InChI=1S/C40H51N5O11S/c1-7-24-18-40(24,37(48)44-57(50,51)26-12-13-26)43-35(46)29-15-25-19-45(29)36(47)34(39(3,4)5)42-38(49)56-32-21-53-20-23(32)11-9-10-22-14-27-28(16-30(22)52-6)41-33(54-8-2)17-31(27)55-25/h7,9-10,14,16-17,23-26,29,32,34H,1,8,11-13,15,18-21H2,2-6H3,(H,42,49)(H,43,46)(H,44,48)/b10-9+/t23-,24+,25-,29+,32-,34-,40+/m1/s1. The van der Waals surface area contributed by atoms with Gasteiger partial charge in [-0.1, -0.05) is 39.0 Å². The van der Waals surface area contributed by atoms with E-state index in [1.807, 2.05) is 25.1 Å². The topological polar surface area (TPSA) is 201 Å². The Labute approximate surface area is 332 Å². The van der Waals surface area contributed by atoms with Crippen molar-refractivity contribution in [2.75, 3.05) is 33.5 Å². The summed E-state index contributed by atoms with van der Waals surface area (Å²) in [4.78, 5) is 62.4. The Morgan fingerprint density at radius 1 is 1.16 bits per heavy atom. The van der Waals surface area contributed by atoms with Crippen molar-refractivity contribution in [2.45, 2.75) is 94.9 Å². The minimum atomic E-state index is -3.92. The quantitative estimate of drug-likeness (QED) is 0.313. The number of fused-ring (bicyclic) bond motifs is 4. The van der Waals surface area contributed by atoms with Crippen LogP contribution in [0.3, 0.4) is 0 Å². The maximum Gasteiger partial charge on any atom is 0.408 e. The SMILES string of the molecule is C=C[C@H]1C[C@@]1(NC(=O)[C@@H]1C[C@@H]2CN1C(=O)[C@H](C(C)(C)C)NC(=O)O[C@@H]1COC[C@H]1C/C=C/c1cc3c(cc(OCC)nc3cc1OC)O2)C(=O)NS(=O)(=O)C1CC1. The molecule has 0 radical (unpaired) electrons. The van der Waals surface area contributed by atoms with Gasteiger partial charge in [0.2, 0.25) is 27.7 Å². The van der Waals surface area contributed by atoms with Crippen molar-refractivity contribution < 1.29 is 51.3 Å². The Bertz CT molecular complexity index is 2100. The lowest BCUT2D eigenvalue weighted by Crippen LogP contribution is -2.60. The molecule has 4 bridgehead atoms. The van der Waals surface area contributed by atoms with E-state index in [1.54, 1.807) is 40.0 Å². The van der Waals surface area contributed by atoms with Gasteiger partial charge in [0.1, 0.15) is 41.3 Å². The molecule has 16 nitrogen and oxygen atoms in total. The normalized spacial score (nSPS) is 29.5. The Morgan fingerprint density at radius 2 is 1.93 bits per heavy atom. The van der Waals surface area contributed by atoms with Crippen LogP contribution in [0.2, 0.25) is 0 Å². The molecule has 2 aromatic rings. The number of pyridine rings is 1. The summed E-state index contributed by atoms with van der Waals surface area (Å²) in [6, 6.07) is 3.00. The number of alkyl carbamates (subject to hydrolysis) is 1. The average molecular weight is 810 g/mol. The van der Waals surface area contributed by atoms with Crippen molar-refractivity contribution in [2.24, 2.45) is 17.3 Å². The molecule has 2 saturated heterocycles. The molecule has 0 unspecified atom stereocenters. The molecule has 2 saturated carbocycles. The van der Waals surface area contributed by atoms with Gasteiger partial charge in [-0.15, -0.1) is 6.58 Å². The van der Waals surface area contributed by atoms with Gasteiger partial charge in [-0.2, -0.15) is 0 Å². The van der Waals surface area contributed by atoms with Gasteiger partial charge < -0.3 is 39.2 Å². The zero-order chi connectivity index (χ0) is 40.9. The van der Waals surface area contributed by atoms with Gasteiger partial charge in [-0.05, 0) is 44.1 Å². The summed E-state index contributed by atoms with van der Waals surface area (Å²) in [6.45, 7) is 11.8. The highest BCUT2D eigenvalue weighted by molar-refractivity contribution is 7.91. The lowest BCUT2D eigenvalue weighted by molar-refractivity contribution is -0.143. The van der Waals surface area contributed by atoms with Crippen LogP contribution in [-0.2, 0) is 33.9 Å². The Balaban J connectivity index is 1.28. The molecule has 1 aromatic heterocycles. The molecular weight excluding hydrogens is 759 g/mol. The van der Waals surface area contributed by atoms with E-state index in [1.165, 1.54) is 11.0 Å². The average Bonchev–Trinajstić information content (AvgIpc) is 4.05. The summed E-state index contributed by atoms with van der Waals surface area (Å²) in [5.74, 6) is -1.56. The van der Waals surface area contributed by atoms with Crippen LogP contribution in [0.15, 0.2) is 36.9 Å². The lowest BCUT2D eigenvalue weighted by Gasteiger charge is -2.35. The number of rotatable bonds is 9. The highest BCUT2D eigenvalue weighted by Crippen LogP contribution is 2.46. The summed E-state index contributed by atoms with van der Waals surface area (Å²) < 4.78 is 57.5. The second kappa shape index (κ2) is 15.5. The second-order valence-electron chi connectivity index (χ2n) is 16.5. The van der Waals surface area contributed by atoms with Crippen molar-refractivity contribution >= 4 is 50.8 Å². The molecule has 0 spiro atoms. The molecule has 7 atom stereocenters.